The molecule has 1 atom stereocenters. The normalized spacial score (nSPS) is 18.3. The van der Waals surface area contributed by atoms with E-state index in [-0.39, 0.29) is 35.5 Å². The Morgan fingerprint density at radius 3 is 2.63 bits per heavy atom. The first kappa shape index (κ1) is 15.9. The second-order valence-electron chi connectivity index (χ2n) is 4.61. The Bertz CT molecular complexity index is 482. The van der Waals surface area contributed by atoms with E-state index in [1.807, 2.05) is 7.05 Å². The summed E-state index contributed by atoms with van der Waals surface area (Å²) in [7, 11) is 1.83. The number of hydrogen-bond acceptors (Lipinski definition) is 2. The van der Waals surface area contributed by atoms with E-state index in [1.165, 1.54) is 13.0 Å². The van der Waals surface area contributed by atoms with Gasteiger partial charge in [0.25, 0.3) is 5.91 Å². The summed E-state index contributed by atoms with van der Waals surface area (Å²) in [5.41, 5.74) is 0.231. The molecule has 19 heavy (non-hydrogen) atoms. The Labute approximate surface area is 117 Å². The molecular formula is C13H17ClF2N2O. The SMILES string of the molecule is CNC1CCN(C(=O)c2cc(C)c(F)cc2F)C1.Cl. The number of nitrogens with zero attached hydrogens (tertiary/aromatic N) is 1. The number of rotatable bonds is 2. The van der Waals surface area contributed by atoms with Gasteiger partial charge >= 0.3 is 0 Å². The van der Waals surface area contributed by atoms with Crippen LogP contribution in [0.2, 0.25) is 0 Å². The van der Waals surface area contributed by atoms with Crippen LogP contribution in [0.5, 0.6) is 0 Å². The van der Waals surface area contributed by atoms with Crippen LogP contribution in [0.25, 0.3) is 0 Å². The number of benzene rings is 1. The van der Waals surface area contributed by atoms with E-state index in [9.17, 15) is 13.6 Å². The molecule has 1 amide bonds. The lowest BCUT2D eigenvalue weighted by molar-refractivity contribution is 0.0785. The quantitative estimate of drug-likeness (QED) is 0.905. The van der Waals surface area contributed by atoms with Crippen molar-refractivity contribution in [3.8, 4) is 0 Å². The molecule has 0 radical (unpaired) electrons. The number of nitrogens with one attached hydrogen (secondary N) is 1. The third kappa shape index (κ3) is 3.22. The molecule has 2 rings (SSSR count). The zero-order valence-corrected chi connectivity index (χ0v) is 11.7. The highest BCUT2D eigenvalue weighted by atomic mass is 35.5. The molecule has 1 N–H and O–H groups in total. The molecule has 1 fully saturated rings. The molecule has 3 nitrogen and oxygen atoms in total. The topological polar surface area (TPSA) is 32.3 Å². The van der Waals surface area contributed by atoms with E-state index in [2.05, 4.69) is 5.32 Å². The Hall–Kier alpha value is -1.20. The van der Waals surface area contributed by atoms with E-state index in [1.54, 1.807) is 4.90 Å². The molecule has 106 valence electrons. The molecule has 1 unspecified atom stereocenters. The molecule has 1 aromatic rings. The molecule has 1 aliphatic heterocycles. The predicted molar refractivity (Wildman–Crippen MR) is 71.7 cm³/mol. The molecule has 0 aliphatic carbocycles. The Kier molecular flexibility index (Phi) is 5.26. The van der Waals surface area contributed by atoms with Gasteiger partial charge in [-0.25, -0.2) is 8.78 Å². The molecule has 0 aromatic heterocycles. The van der Waals surface area contributed by atoms with Gasteiger partial charge in [-0.2, -0.15) is 0 Å². The van der Waals surface area contributed by atoms with Crippen molar-refractivity contribution in [3.05, 3.63) is 34.9 Å². The van der Waals surface area contributed by atoms with Gasteiger partial charge in [-0.3, -0.25) is 4.79 Å². The first-order chi connectivity index (χ1) is 8.52. The third-order valence-electron chi connectivity index (χ3n) is 3.36. The van der Waals surface area contributed by atoms with Gasteiger partial charge in [-0.05, 0) is 32.0 Å². The summed E-state index contributed by atoms with van der Waals surface area (Å²) in [4.78, 5) is 13.7. The summed E-state index contributed by atoms with van der Waals surface area (Å²) in [6, 6.07) is 2.30. The van der Waals surface area contributed by atoms with E-state index in [4.69, 9.17) is 0 Å². The lowest BCUT2D eigenvalue weighted by atomic mass is 10.1. The van der Waals surface area contributed by atoms with Crippen LogP contribution < -0.4 is 5.32 Å². The van der Waals surface area contributed by atoms with Crippen LogP contribution in [-0.4, -0.2) is 37.0 Å². The van der Waals surface area contributed by atoms with Gasteiger partial charge in [-0.1, -0.05) is 0 Å². The monoisotopic (exact) mass is 290 g/mol. The first-order valence-corrected chi connectivity index (χ1v) is 5.95. The Balaban J connectivity index is 0.00000180. The maximum atomic E-state index is 13.6. The average molecular weight is 291 g/mol. The van der Waals surface area contributed by atoms with E-state index in [0.717, 1.165) is 12.5 Å². The minimum atomic E-state index is -0.795. The summed E-state index contributed by atoms with van der Waals surface area (Å²) >= 11 is 0. The molecule has 0 spiro atoms. The van der Waals surface area contributed by atoms with Crippen molar-refractivity contribution >= 4 is 18.3 Å². The lowest BCUT2D eigenvalue weighted by Crippen LogP contribution is -2.33. The zero-order chi connectivity index (χ0) is 13.3. The van der Waals surface area contributed by atoms with Crippen molar-refractivity contribution < 1.29 is 13.6 Å². The fourth-order valence-corrected chi connectivity index (χ4v) is 2.17. The second-order valence-corrected chi connectivity index (χ2v) is 4.61. The van der Waals surface area contributed by atoms with Crippen molar-refractivity contribution in [1.82, 2.24) is 10.2 Å². The van der Waals surface area contributed by atoms with Crippen LogP contribution in [0.1, 0.15) is 22.3 Å². The summed E-state index contributed by atoms with van der Waals surface area (Å²) in [5.74, 6) is -1.79. The molecule has 1 heterocycles. The van der Waals surface area contributed by atoms with Crippen molar-refractivity contribution in [3.63, 3.8) is 0 Å². The number of halogens is 3. The molecule has 0 bridgehead atoms. The highest BCUT2D eigenvalue weighted by molar-refractivity contribution is 5.95. The number of likely N-dealkylation sites (N-methyl/N-ethyl adjacent to an activating group) is 1. The fraction of sp³-hybridized carbons (Fsp3) is 0.462. The van der Waals surface area contributed by atoms with Crippen LogP contribution in [-0.2, 0) is 0 Å². The van der Waals surface area contributed by atoms with Gasteiger partial charge in [0.2, 0.25) is 0 Å². The fourth-order valence-electron chi connectivity index (χ4n) is 2.17. The Morgan fingerprint density at radius 2 is 2.05 bits per heavy atom. The maximum Gasteiger partial charge on any atom is 0.256 e. The smallest absolute Gasteiger partial charge is 0.256 e. The van der Waals surface area contributed by atoms with E-state index < -0.39 is 11.6 Å². The molecule has 1 saturated heterocycles. The van der Waals surface area contributed by atoms with Crippen molar-refractivity contribution in [2.24, 2.45) is 0 Å². The minimum absolute atomic E-state index is 0. The van der Waals surface area contributed by atoms with E-state index in [0.29, 0.717) is 13.1 Å². The molecule has 0 saturated carbocycles. The largest absolute Gasteiger partial charge is 0.337 e. The standard InChI is InChI=1S/C13H16F2N2O.ClH/c1-8-5-10(12(15)6-11(8)14)13(18)17-4-3-9(7-17)16-2;/h5-6,9,16H,3-4,7H2,1-2H3;1H. The molecule has 1 aromatic carbocycles. The number of amides is 1. The lowest BCUT2D eigenvalue weighted by Gasteiger charge is -2.17. The van der Waals surface area contributed by atoms with Crippen molar-refractivity contribution in [2.45, 2.75) is 19.4 Å². The van der Waals surface area contributed by atoms with Gasteiger partial charge in [0.1, 0.15) is 11.6 Å². The maximum absolute atomic E-state index is 13.6. The van der Waals surface area contributed by atoms with Gasteiger partial charge < -0.3 is 10.2 Å². The summed E-state index contributed by atoms with van der Waals surface area (Å²) in [6.07, 6.45) is 0.851. The van der Waals surface area contributed by atoms with Gasteiger partial charge in [0.05, 0.1) is 5.56 Å². The van der Waals surface area contributed by atoms with E-state index >= 15 is 0 Å². The average Bonchev–Trinajstić information content (AvgIpc) is 2.81. The Morgan fingerprint density at radius 1 is 1.37 bits per heavy atom. The summed E-state index contributed by atoms with van der Waals surface area (Å²) in [5, 5.41) is 3.09. The van der Waals surface area contributed by atoms with Gasteiger partial charge in [0.15, 0.2) is 0 Å². The van der Waals surface area contributed by atoms with Crippen LogP contribution in [0.3, 0.4) is 0 Å². The molecule has 6 heteroatoms. The number of carbonyl (C=O) groups is 1. The van der Waals surface area contributed by atoms with Crippen molar-refractivity contribution in [2.75, 3.05) is 20.1 Å². The molecular weight excluding hydrogens is 274 g/mol. The minimum Gasteiger partial charge on any atom is -0.337 e. The van der Waals surface area contributed by atoms with Gasteiger partial charge in [-0.15, -0.1) is 12.4 Å². The van der Waals surface area contributed by atoms with Crippen LogP contribution in [0.15, 0.2) is 12.1 Å². The van der Waals surface area contributed by atoms with Crippen LogP contribution in [0.4, 0.5) is 8.78 Å². The van der Waals surface area contributed by atoms with Crippen molar-refractivity contribution in [1.29, 1.82) is 0 Å². The summed E-state index contributed by atoms with van der Waals surface area (Å²) in [6.45, 7) is 2.68. The second kappa shape index (κ2) is 6.30. The number of hydrogen-bond donors (Lipinski definition) is 1. The highest BCUT2D eigenvalue weighted by Gasteiger charge is 2.27. The predicted octanol–water partition coefficient (Wildman–Crippen LogP) is 2.13. The number of likely N-dealkylation sites (tertiary alicyclic amines) is 1. The molecule has 1 aliphatic rings. The first-order valence-electron chi connectivity index (χ1n) is 5.95. The zero-order valence-electron chi connectivity index (χ0n) is 10.9. The number of aryl methyl sites for hydroxylation is 1. The summed E-state index contributed by atoms with van der Waals surface area (Å²) < 4.78 is 26.8. The van der Waals surface area contributed by atoms with Gasteiger partial charge in [0, 0.05) is 25.2 Å². The number of carbonyl (C=O) groups excluding carboxylic acids is 1. The van der Waals surface area contributed by atoms with Crippen LogP contribution >= 0.6 is 12.4 Å². The highest BCUT2D eigenvalue weighted by Crippen LogP contribution is 2.19. The van der Waals surface area contributed by atoms with Crippen LogP contribution in [0, 0.1) is 18.6 Å². The third-order valence-corrected chi connectivity index (χ3v) is 3.36.